The first-order chi connectivity index (χ1) is 16.7. The normalized spacial score (nSPS) is 13.0. The van der Waals surface area contributed by atoms with E-state index in [0.29, 0.717) is 18.9 Å². The summed E-state index contributed by atoms with van der Waals surface area (Å²) in [4.78, 5) is 26.2. The van der Waals surface area contributed by atoms with E-state index in [1.54, 1.807) is 18.2 Å². The lowest BCUT2D eigenvalue weighted by Crippen LogP contribution is -2.25. The Morgan fingerprint density at radius 2 is 2.03 bits per heavy atom. The van der Waals surface area contributed by atoms with E-state index in [-0.39, 0.29) is 34.3 Å². The van der Waals surface area contributed by atoms with Crippen LogP contribution in [-0.4, -0.2) is 33.9 Å². The molecule has 0 saturated carbocycles. The molecule has 0 fully saturated rings. The van der Waals surface area contributed by atoms with Crippen LogP contribution in [0.4, 0.5) is 27.7 Å². The first kappa shape index (κ1) is 24.3. The molecule has 0 bridgehead atoms. The van der Waals surface area contributed by atoms with Gasteiger partial charge in [-0.15, -0.1) is 6.58 Å². The number of anilines is 4. The van der Waals surface area contributed by atoms with E-state index in [9.17, 15) is 9.18 Å². The van der Waals surface area contributed by atoms with Gasteiger partial charge in [0.1, 0.15) is 23.0 Å². The van der Waals surface area contributed by atoms with Crippen LogP contribution < -0.4 is 21.3 Å². The highest BCUT2D eigenvalue weighted by molar-refractivity contribution is 5.99. The first-order valence-electron chi connectivity index (χ1n) is 11.5. The van der Waals surface area contributed by atoms with Crippen LogP contribution in [0, 0.1) is 5.82 Å². The number of rotatable bonds is 7. The monoisotopic (exact) mass is 475 g/mol. The number of nitrogens with zero attached hydrogens (tertiary/aromatic N) is 3. The SMILES string of the molecule is C=CCNC(=O)c1cnc(Nc2cc3c(cc2F)CNCC3)nc1Nc1cccc(C(C)(C)C)n1. The first-order valence-corrected chi connectivity index (χ1v) is 11.5. The van der Waals surface area contributed by atoms with E-state index in [2.05, 4.69) is 63.6 Å². The average Bonchev–Trinajstić information content (AvgIpc) is 2.83. The zero-order valence-corrected chi connectivity index (χ0v) is 20.2. The second-order valence-electron chi connectivity index (χ2n) is 9.39. The summed E-state index contributed by atoms with van der Waals surface area (Å²) in [6.07, 6.45) is 3.81. The Morgan fingerprint density at radius 3 is 2.80 bits per heavy atom. The van der Waals surface area contributed by atoms with Crippen molar-refractivity contribution < 1.29 is 9.18 Å². The van der Waals surface area contributed by atoms with Gasteiger partial charge in [-0.1, -0.05) is 32.9 Å². The maximum Gasteiger partial charge on any atom is 0.256 e. The molecule has 0 radical (unpaired) electrons. The van der Waals surface area contributed by atoms with Crippen LogP contribution in [0.1, 0.15) is 48.0 Å². The van der Waals surface area contributed by atoms with Crippen LogP contribution in [0.25, 0.3) is 0 Å². The number of hydrogen-bond donors (Lipinski definition) is 4. The van der Waals surface area contributed by atoms with E-state index in [4.69, 9.17) is 0 Å². The number of nitrogens with one attached hydrogen (secondary N) is 4. The predicted octanol–water partition coefficient (Wildman–Crippen LogP) is 4.36. The topological polar surface area (TPSA) is 104 Å². The summed E-state index contributed by atoms with van der Waals surface area (Å²) >= 11 is 0. The lowest BCUT2D eigenvalue weighted by molar-refractivity contribution is 0.0958. The molecule has 1 aliphatic rings. The minimum atomic E-state index is -0.391. The molecule has 0 saturated heterocycles. The molecule has 4 N–H and O–H groups in total. The summed E-state index contributed by atoms with van der Waals surface area (Å²) in [5, 5.41) is 12.1. The predicted molar refractivity (Wildman–Crippen MR) is 136 cm³/mol. The third kappa shape index (κ3) is 5.81. The lowest BCUT2D eigenvalue weighted by Gasteiger charge is -2.19. The summed E-state index contributed by atoms with van der Waals surface area (Å²) < 4.78 is 14.8. The molecule has 4 rings (SSSR count). The fraction of sp³-hybridized carbons (Fsp3) is 0.308. The van der Waals surface area contributed by atoms with Crippen LogP contribution in [0.15, 0.2) is 49.2 Å². The van der Waals surface area contributed by atoms with Crippen molar-refractivity contribution in [3.05, 3.63) is 77.4 Å². The molecule has 0 aliphatic carbocycles. The van der Waals surface area contributed by atoms with Gasteiger partial charge in [-0.25, -0.2) is 14.4 Å². The zero-order chi connectivity index (χ0) is 25.0. The second-order valence-corrected chi connectivity index (χ2v) is 9.39. The van der Waals surface area contributed by atoms with Gasteiger partial charge in [0.15, 0.2) is 0 Å². The van der Waals surface area contributed by atoms with Gasteiger partial charge < -0.3 is 21.3 Å². The Balaban J connectivity index is 1.67. The lowest BCUT2D eigenvalue weighted by atomic mass is 9.92. The number of halogens is 1. The number of carbonyl (C=O) groups is 1. The van der Waals surface area contributed by atoms with Crippen molar-refractivity contribution in [3.63, 3.8) is 0 Å². The molecule has 9 heteroatoms. The quantitative estimate of drug-likeness (QED) is 0.377. The average molecular weight is 476 g/mol. The van der Waals surface area contributed by atoms with Crippen molar-refractivity contribution in [3.8, 4) is 0 Å². The minimum absolute atomic E-state index is 0.153. The molecule has 35 heavy (non-hydrogen) atoms. The number of fused-ring (bicyclic) bond motifs is 1. The zero-order valence-electron chi connectivity index (χ0n) is 20.2. The van der Waals surface area contributed by atoms with Crippen molar-refractivity contribution in [1.82, 2.24) is 25.6 Å². The summed E-state index contributed by atoms with van der Waals surface area (Å²) in [7, 11) is 0. The molecule has 0 spiro atoms. The summed E-state index contributed by atoms with van der Waals surface area (Å²) in [6.45, 7) is 11.6. The molecule has 1 aromatic carbocycles. The van der Waals surface area contributed by atoms with Crippen LogP contribution >= 0.6 is 0 Å². The molecule has 0 unspecified atom stereocenters. The van der Waals surface area contributed by atoms with E-state index < -0.39 is 5.82 Å². The van der Waals surface area contributed by atoms with Gasteiger partial charge in [0.25, 0.3) is 5.91 Å². The van der Waals surface area contributed by atoms with Crippen molar-refractivity contribution in [2.45, 2.75) is 39.2 Å². The van der Waals surface area contributed by atoms with Crippen molar-refractivity contribution in [2.75, 3.05) is 23.7 Å². The second kappa shape index (κ2) is 10.2. The van der Waals surface area contributed by atoms with Gasteiger partial charge >= 0.3 is 0 Å². The van der Waals surface area contributed by atoms with Gasteiger partial charge in [0, 0.05) is 30.4 Å². The molecular formula is C26H30FN7O. The molecule has 3 heterocycles. The van der Waals surface area contributed by atoms with Crippen LogP contribution in [0.3, 0.4) is 0 Å². The fourth-order valence-electron chi connectivity index (χ4n) is 3.73. The van der Waals surface area contributed by atoms with Crippen molar-refractivity contribution in [2.24, 2.45) is 0 Å². The Hall–Kier alpha value is -3.85. The Kier molecular flexibility index (Phi) is 7.07. The molecular weight excluding hydrogens is 445 g/mol. The van der Waals surface area contributed by atoms with Crippen molar-refractivity contribution >= 4 is 29.2 Å². The van der Waals surface area contributed by atoms with E-state index in [0.717, 1.165) is 29.8 Å². The number of carbonyl (C=O) groups excluding carboxylic acids is 1. The van der Waals surface area contributed by atoms with Gasteiger partial charge in [-0.2, -0.15) is 4.98 Å². The highest BCUT2D eigenvalue weighted by Gasteiger charge is 2.19. The van der Waals surface area contributed by atoms with Crippen LogP contribution in [0.2, 0.25) is 0 Å². The maximum atomic E-state index is 14.8. The van der Waals surface area contributed by atoms with Gasteiger partial charge in [0.05, 0.1) is 5.69 Å². The Bertz CT molecular complexity index is 1250. The summed E-state index contributed by atoms with van der Waals surface area (Å²) in [6, 6.07) is 8.96. The van der Waals surface area contributed by atoms with Crippen molar-refractivity contribution in [1.29, 1.82) is 0 Å². The van der Waals surface area contributed by atoms with Gasteiger partial charge in [-0.3, -0.25) is 4.79 Å². The number of pyridine rings is 1. The number of amides is 1. The van der Waals surface area contributed by atoms with E-state index in [1.165, 1.54) is 12.3 Å². The third-order valence-corrected chi connectivity index (χ3v) is 5.63. The molecule has 182 valence electrons. The third-order valence-electron chi connectivity index (χ3n) is 5.63. The number of hydrogen-bond acceptors (Lipinski definition) is 7. The highest BCUT2D eigenvalue weighted by atomic mass is 19.1. The molecule has 3 aromatic rings. The Morgan fingerprint density at radius 1 is 1.20 bits per heavy atom. The van der Waals surface area contributed by atoms with E-state index in [1.807, 2.05) is 12.1 Å². The molecule has 8 nitrogen and oxygen atoms in total. The van der Waals surface area contributed by atoms with Crippen LogP contribution in [0.5, 0.6) is 0 Å². The molecule has 2 aromatic heterocycles. The van der Waals surface area contributed by atoms with Gasteiger partial charge in [-0.05, 0) is 48.4 Å². The maximum absolute atomic E-state index is 14.8. The summed E-state index contributed by atoms with van der Waals surface area (Å²) in [5.74, 6) is 0.196. The number of benzene rings is 1. The van der Waals surface area contributed by atoms with Gasteiger partial charge in [0.2, 0.25) is 5.95 Å². The smallest absolute Gasteiger partial charge is 0.256 e. The molecule has 1 aliphatic heterocycles. The van der Waals surface area contributed by atoms with E-state index >= 15 is 0 Å². The molecule has 0 atom stereocenters. The number of aromatic nitrogens is 3. The summed E-state index contributed by atoms with van der Waals surface area (Å²) in [5.41, 5.74) is 3.28. The fourth-order valence-corrected chi connectivity index (χ4v) is 3.73. The largest absolute Gasteiger partial charge is 0.348 e. The molecule has 1 amide bonds. The van der Waals surface area contributed by atoms with Crippen LogP contribution in [-0.2, 0) is 18.4 Å². The standard InChI is InChI=1S/C26H30FN7O/c1-5-10-29-24(35)18-15-30-25(31-20-13-16-9-11-28-14-17(16)12-19(20)27)34-23(18)33-22-8-6-7-21(32-22)26(2,3)4/h5-8,12-13,15,28H,1,9-11,14H2,2-4H3,(H,29,35)(H2,30,31,32,33,34). The minimum Gasteiger partial charge on any atom is -0.348 e. The Labute approximate surface area is 204 Å². The highest BCUT2D eigenvalue weighted by Crippen LogP contribution is 2.27.